The van der Waals surface area contributed by atoms with Crippen LogP contribution < -0.4 is 10.6 Å². The normalized spacial score (nSPS) is 20.7. The predicted octanol–water partition coefficient (Wildman–Crippen LogP) is 0.919. The molecule has 1 rings (SSSR count). The van der Waals surface area contributed by atoms with E-state index >= 15 is 0 Å². The fraction of sp³-hybridized carbons (Fsp3) is 0.917. The van der Waals surface area contributed by atoms with Crippen molar-refractivity contribution in [3.8, 4) is 0 Å². The van der Waals surface area contributed by atoms with Crippen LogP contribution in [0, 0.1) is 5.92 Å². The van der Waals surface area contributed by atoms with E-state index in [2.05, 4.69) is 17.6 Å². The molecular formula is C12H24N2O2. The van der Waals surface area contributed by atoms with E-state index < -0.39 is 0 Å². The van der Waals surface area contributed by atoms with E-state index in [0.717, 1.165) is 32.7 Å². The minimum atomic E-state index is 0.113. The highest BCUT2D eigenvalue weighted by Gasteiger charge is 2.13. The minimum absolute atomic E-state index is 0.113. The number of nitrogens with one attached hydrogen (secondary N) is 2. The molecule has 0 aromatic carbocycles. The van der Waals surface area contributed by atoms with E-state index in [1.54, 1.807) is 0 Å². The van der Waals surface area contributed by atoms with Crippen molar-refractivity contribution < 1.29 is 9.53 Å². The lowest BCUT2D eigenvalue weighted by atomic mass is 10.00. The summed E-state index contributed by atoms with van der Waals surface area (Å²) in [4.78, 5) is 11.4. The summed E-state index contributed by atoms with van der Waals surface area (Å²) in [6, 6.07) is 0. The third kappa shape index (κ3) is 6.08. The van der Waals surface area contributed by atoms with Gasteiger partial charge in [-0.1, -0.05) is 6.92 Å². The van der Waals surface area contributed by atoms with Gasteiger partial charge in [0.25, 0.3) is 0 Å². The van der Waals surface area contributed by atoms with Crippen molar-refractivity contribution in [3.63, 3.8) is 0 Å². The molecule has 1 aliphatic heterocycles. The Kier molecular flexibility index (Phi) is 7.17. The van der Waals surface area contributed by atoms with Gasteiger partial charge in [0.1, 0.15) is 0 Å². The van der Waals surface area contributed by atoms with Crippen LogP contribution in [0.5, 0.6) is 0 Å². The zero-order valence-corrected chi connectivity index (χ0v) is 10.3. The smallest absolute Gasteiger partial charge is 0.222 e. The summed E-state index contributed by atoms with van der Waals surface area (Å²) in [7, 11) is 0. The van der Waals surface area contributed by atoms with E-state index in [0.29, 0.717) is 18.9 Å². The average molecular weight is 228 g/mol. The van der Waals surface area contributed by atoms with Crippen LogP contribution in [0.1, 0.15) is 32.6 Å². The SMILES string of the molecule is CCCOCCC(=O)NCC1CCCNC1. The summed E-state index contributed by atoms with van der Waals surface area (Å²) in [5.41, 5.74) is 0. The second kappa shape index (κ2) is 8.53. The number of carbonyl (C=O) groups excluding carboxylic acids is 1. The molecule has 16 heavy (non-hydrogen) atoms. The van der Waals surface area contributed by atoms with Gasteiger partial charge in [0, 0.05) is 19.6 Å². The first-order valence-corrected chi connectivity index (χ1v) is 6.38. The highest BCUT2D eigenvalue weighted by atomic mass is 16.5. The van der Waals surface area contributed by atoms with Crippen molar-refractivity contribution in [2.75, 3.05) is 32.8 Å². The molecule has 0 bridgehead atoms. The zero-order valence-electron chi connectivity index (χ0n) is 10.3. The summed E-state index contributed by atoms with van der Waals surface area (Å²) in [5.74, 6) is 0.718. The molecule has 0 aromatic rings. The number of piperidine rings is 1. The number of hydrogen-bond donors (Lipinski definition) is 2. The van der Waals surface area contributed by atoms with Gasteiger partial charge in [0.2, 0.25) is 5.91 Å². The first kappa shape index (κ1) is 13.5. The molecule has 1 amide bonds. The fourth-order valence-electron chi connectivity index (χ4n) is 1.86. The molecule has 4 heteroatoms. The molecule has 0 spiro atoms. The zero-order chi connectivity index (χ0) is 11.6. The lowest BCUT2D eigenvalue weighted by molar-refractivity contribution is -0.122. The third-order valence-corrected chi connectivity index (χ3v) is 2.81. The Morgan fingerprint density at radius 1 is 1.50 bits per heavy atom. The van der Waals surface area contributed by atoms with Crippen LogP contribution in [-0.2, 0) is 9.53 Å². The molecule has 4 nitrogen and oxygen atoms in total. The Labute approximate surface area is 98.1 Å². The monoisotopic (exact) mass is 228 g/mol. The third-order valence-electron chi connectivity index (χ3n) is 2.81. The molecular weight excluding hydrogens is 204 g/mol. The molecule has 0 radical (unpaired) electrons. The van der Waals surface area contributed by atoms with E-state index in [-0.39, 0.29) is 5.91 Å². The molecule has 0 aliphatic carbocycles. The molecule has 0 saturated carbocycles. The number of carbonyl (C=O) groups is 1. The first-order chi connectivity index (χ1) is 7.83. The average Bonchev–Trinajstić information content (AvgIpc) is 2.33. The highest BCUT2D eigenvalue weighted by molar-refractivity contribution is 5.75. The van der Waals surface area contributed by atoms with Crippen LogP contribution >= 0.6 is 0 Å². The summed E-state index contributed by atoms with van der Waals surface area (Å²) < 4.78 is 5.27. The van der Waals surface area contributed by atoms with Gasteiger partial charge in [-0.3, -0.25) is 4.79 Å². The first-order valence-electron chi connectivity index (χ1n) is 6.38. The van der Waals surface area contributed by atoms with Crippen molar-refractivity contribution >= 4 is 5.91 Å². The summed E-state index contributed by atoms with van der Waals surface area (Å²) >= 11 is 0. The number of amides is 1. The van der Waals surface area contributed by atoms with E-state index in [9.17, 15) is 4.79 Å². The fourth-order valence-corrected chi connectivity index (χ4v) is 1.86. The Hall–Kier alpha value is -0.610. The molecule has 1 fully saturated rings. The van der Waals surface area contributed by atoms with Crippen LogP contribution in [0.4, 0.5) is 0 Å². The lowest BCUT2D eigenvalue weighted by Crippen LogP contribution is -2.38. The van der Waals surface area contributed by atoms with Crippen LogP contribution in [0.3, 0.4) is 0 Å². The number of rotatable bonds is 7. The Morgan fingerprint density at radius 3 is 3.06 bits per heavy atom. The van der Waals surface area contributed by atoms with Crippen molar-refractivity contribution in [3.05, 3.63) is 0 Å². The van der Waals surface area contributed by atoms with E-state index in [4.69, 9.17) is 4.74 Å². The van der Waals surface area contributed by atoms with Crippen molar-refractivity contribution in [2.24, 2.45) is 5.92 Å². The van der Waals surface area contributed by atoms with Gasteiger partial charge in [-0.2, -0.15) is 0 Å². The van der Waals surface area contributed by atoms with Gasteiger partial charge in [-0.15, -0.1) is 0 Å². The molecule has 0 aromatic heterocycles. The summed E-state index contributed by atoms with van der Waals surface area (Å²) in [6.07, 6.45) is 3.94. The predicted molar refractivity (Wildman–Crippen MR) is 64.3 cm³/mol. The van der Waals surface area contributed by atoms with Crippen LogP contribution in [0.15, 0.2) is 0 Å². The van der Waals surface area contributed by atoms with Gasteiger partial charge >= 0.3 is 0 Å². The van der Waals surface area contributed by atoms with Crippen molar-refractivity contribution in [2.45, 2.75) is 32.6 Å². The maximum Gasteiger partial charge on any atom is 0.222 e. The van der Waals surface area contributed by atoms with Gasteiger partial charge in [0.05, 0.1) is 6.61 Å². The molecule has 1 atom stereocenters. The molecule has 1 aliphatic rings. The number of ether oxygens (including phenoxy) is 1. The Bertz CT molecular complexity index is 191. The summed E-state index contributed by atoms with van der Waals surface area (Å²) in [5, 5.41) is 6.31. The van der Waals surface area contributed by atoms with Crippen molar-refractivity contribution in [1.82, 2.24) is 10.6 Å². The molecule has 2 N–H and O–H groups in total. The van der Waals surface area contributed by atoms with Gasteiger partial charge < -0.3 is 15.4 Å². The van der Waals surface area contributed by atoms with Crippen LogP contribution in [0.25, 0.3) is 0 Å². The maximum atomic E-state index is 11.4. The minimum Gasteiger partial charge on any atom is -0.381 e. The molecule has 94 valence electrons. The maximum absolute atomic E-state index is 11.4. The quantitative estimate of drug-likeness (QED) is 0.637. The Balaban J connectivity index is 1.96. The standard InChI is InChI=1S/C12H24N2O2/c1-2-7-16-8-5-12(15)14-10-11-4-3-6-13-9-11/h11,13H,2-10H2,1H3,(H,14,15). The molecule has 1 heterocycles. The second-order valence-corrected chi connectivity index (χ2v) is 4.38. The van der Waals surface area contributed by atoms with Gasteiger partial charge in [-0.05, 0) is 38.3 Å². The van der Waals surface area contributed by atoms with E-state index in [1.807, 2.05) is 0 Å². The second-order valence-electron chi connectivity index (χ2n) is 4.38. The van der Waals surface area contributed by atoms with E-state index in [1.165, 1.54) is 12.8 Å². The Morgan fingerprint density at radius 2 is 2.38 bits per heavy atom. The largest absolute Gasteiger partial charge is 0.381 e. The van der Waals surface area contributed by atoms with Crippen LogP contribution in [0.2, 0.25) is 0 Å². The molecule has 1 unspecified atom stereocenters. The molecule has 1 saturated heterocycles. The topological polar surface area (TPSA) is 50.4 Å². The highest BCUT2D eigenvalue weighted by Crippen LogP contribution is 2.08. The van der Waals surface area contributed by atoms with Crippen LogP contribution in [-0.4, -0.2) is 38.8 Å². The summed E-state index contributed by atoms with van der Waals surface area (Å²) in [6.45, 7) is 6.32. The van der Waals surface area contributed by atoms with Gasteiger partial charge in [0.15, 0.2) is 0 Å². The van der Waals surface area contributed by atoms with Gasteiger partial charge in [-0.25, -0.2) is 0 Å². The van der Waals surface area contributed by atoms with Crippen molar-refractivity contribution in [1.29, 1.82) is 0 Å². The number of hydrogen-bond acceptors (Lipinski definition) is 3. The lowest BCUT2D eigenvalue weighted by Gasteiger charge is -2.22.